The first-order valence-corrected chi connectivity index (χ1v) is 5.26. The molecule has 0 aliphatic heterocycles. The van der Waals surface area contributed by atoms with Gasteiger partial charge in [0.05, 0.1) is 6.61 Å². The van der Waals surface area contributed by atoms with Crippen molar-refractivity contribution in [3.05, 3.63) is 48.3 Å². The van der Waals surface area contributed by atoms with Crippen LogP contribution in [0.3, 0.4) is 0 Å². The van der Waals surface area contributed by atoms with E-state index >= 15 is 0 Å². The molecule has 0 saturated carbocycles. The number of halogens is 1. The average Bonchev–Trinajstić information content (AvgIpc) is 2.30. The molecule has 1 aromatic rings. The lowest BCUT2D eigenvalue weighted by Gasteiger charge is -2.03. The first-order chi connectivity index (χ1) is 7.74. The molecule has 0 fully saturated rings. The zero-order valence-electron chi connectivity index (χ0n) is 9.12. The van der Waals surface area contributed by atoms with Gasteiger partial charge in [-0.25, -0.2) is 9.18 Å². The number of carbonyl (C=O) groups excluding carboxylic acids is 1. The third-order valence-electron chi connectivity index (χ3n) is 2.21. The molecule has 0 saturated heterocycles. The van der Waals surface area contributed by atoms with Crippen molar-refractivity contribution in [1.82, 2.24) is 0 Å². The van der Waals surface area contributed by atoms with E-state index in [2.05, 4.69) is 6.58 Å². The van der Waals surface area contributed by atoms with Gasteiger partial charge in [0, 0.05) is 6.08 Å². The maximum atomic E-state index is 13.2. The topological polar surface area (TPSA) is 26.3 Å². The number of esters is 1. The molecule has 0 unspecified atom stereocenters. The molecule has 0 N–H and O–H groups in total. The van der Waals surface area contributed by atoms with Gasteiger partial charge < -0.3 is 4.74 Å². The first kappa shape index (κ1) is 12.4. The summed E-state index contributed by atoms with van der Waals surface area (Å²) in [5.41, 5.74) is 0.706. The molecule has 2 nitrogen and oxygen atoms in total. The van der Waals surface area contributed by atoms with Crippen molar-refractivity contribution in [1.29, 1.82) is 0 Å². The van der Waals surface area contributed by atoms with Crippen LogP contribution in [0.1, 0.15) is 18.4 Å². The summed E-state index contributed by atoms with van der Waals surface area (Å²) in [4.78, 5) is 10.7. The summed E-state index contributed by atoms with van der Waals surface area (Å²) < 4.78 is 18.0. The van der Waals surface area contributed by atoms with Gasteiger partial charge in [0.2, 0.25) is 0 Å². The molecule has 0 heterocycles. The molecule has 0 radical (unpaired) electrons. The lowest BCUT2D eigenvalue weighted by Crippen LogP contribution is -2.02. The van der Waals surface area contributed by atoms with Crippen LogP contribution in [-0.2, 0) is 16.0 Å². The van der Waals surface area contributed by atoms with E-state index in [1.165, 1.54) is 6.07 Å². The quantitative estimate of drug-likeness (QED) is 0.420. The highest BCUT2D eigenvalue weighted by Gasteiger charge is 2.00. The first-order valence-electron chi connectivity index (χ1n) is 5.26. The summed E-state index contributed by atoms with van der Waals surface area (Å²) in [6, 6.07) is 6.71. The normalized spacial score (nSPS) is 9.81. The second-order valence-corrected chi connectivity index (χ2v) is 3.42. The monoisotopic (exact) mass is 222 g/mol. The fraction of sp³-hybridized carbons (Fsp3) is 0.308. The van der Waals surface area contributed by atoms with Crippen LogP contribution in [0.4, 0.5) is 4.39 Å². The highest BCUT2D eigenvalue weighted by atomic mass is 19.1. The van der Waals surface area contributed by atoms with Gasteiger partial charge in [-0.05, 0) is 30.9 Å². The Balaban J connectivity index is 2.19. The minimum atomic E-state index is -0.411. The molecule has 0 aliphatic carbocycles. The minimum Gasteiger partial charge on any atom is -0.463 e. The van der Waals surface area contributed by atoms with E-state index in [0.29, 0.717) is 18.6 Å². The lowest BCUT2D eigenvalue weighted by molar-refractivity contribution is -0.137. The Kier molecular flexibility index (Phi) is 5.26. The van der Waals surface area contributed by atoms with Crippen LogP contribution in [0.25, 0.3) is 0 Å². The van der Waals surface area contributed by atoms with E-state index in [1.54, 1.807) is 12.1 Å². The van der Waals surface area contributed by atoms with Crippen molar-refractivity contribution in [3.63, 3.8) is 0 Å². The van der Waals surface area contributed by atoms with Gasteiger partial charge in [0.15, 0.2) is 0 Å². The molecule has 1 aromatic carbocycles. The maximum Gasteiger partial charge on any atom is 0.330 e. The van der Waals surface area contributed by atoms with Gasteiger partial charge >= 0.3 is 5.97 Å². The van der Waals surface area contributed by atoms with Gasteiger partial charge in [-0.3, -0.25) is 0 Å². The summed E-state index contributed by atoms with van der Waals surface area (Å²) in [5.74, 6) is -0.587. The van der Waals surface area contributed by atoms with Gasteiger partial charge in [0.25, 0.3) is 0 Å². The van der Waals surface area contributed by atoms with E-state index in [1.807, 2.05) is 6.07 Å². The number of ether oxygens (including phenoxy) is 1. The van der Waals surface area contributed by atoms with E-state index < -0.39 is 5.97 Å². The average molecular weight is 222 g/mol. The summed E-state index contributed by atoms with van der Waals surface area (Å²) in [6.07, 6.45) is 3.33. The van der Waals surface area contributed by atoms with E-state index in [9.17, 15) is 9.18 Å². The van der Waals surface area contributed by atoms with Gasteiger partial charge in [-0.15, -0.1) is 0 Å². The summed E-state index contributed by atoms with van der Waals surface area (Å²) in [7, 11) is 0. The Morgan fingerprint density at radius 3 is 2.81 bits per heavy atom. The largest absolute Gasteiger partial charge is 0.463 e. The van der Waals surface area contributed by atoms with Crippen molar-refractivity contribution in [2.75, 3.05) is 6.61 Å². The van der Waals surface area contributed by atoms with Crippen LogP contribution < -0.4 is 0 Å². The molecule has 0 aliphatic rings. The predicted molar refractivity (Wildman–Crippen MR) is 60.5 cm³/mol. The van der Waals surface area contributed by atoms with Crippen LogP contribution in [-0.4, -0.2) is 12.6 Å². The number of rotatable bonds is 6. The molecule has 86 valence electrons. The predicted octanol–water partition coefficient (Wildman–Crippen LogP) is 2.88. The van der Waals surface area contributed by atoms with E-state index in [-0.39, 0.29) is 5.82 Å². The molecule has 16 heavy (non-hydrogen) atoms. The highest BCUT2D eigenvalue weighted by Crippen LogP contribution is 2.09. The fourth-order valence-corrected chi connectivity index (χ4v) is 1.35. The second kappa shape index (κ2) is 6.77. The molecule has 1 rings (SSSR count). The van der Waals surface area contributed by atoms with Gasteiger partial charge in [0.1, 0.15) is 5.82 Å². The Labute approximate surface area is 94.7 Å². The van der Waals surface area contributed by atoms with Crippen molar-refractivity contribution in [3.8, 4) is 0 Å². The molecular formula is C13H15FO2. The fourth-order valence-electron chi connectivity index (χ4n) is 1.35. The molecule has 0 spiro atoms. The SMILES string of the molecule is C=CC(=O)OCCCCc1ccccc1F. The van der Waals surface area contributed by atoms with Crippen LogP contribution in [0, 0.1) is 5.82 Å². The van der Waals surface area contributed by atoms with Crippen LogP contribution in [0.15, 0.2) is 36.9 Å². The molecular weight excluding hydrogens is 207 g/mol. The summed E-state index contributed by atoms with van der Waals surface area (Å²) in [5, 5.41) is 0. The summed E-state index contributed by atoms with van der Waals surface area (Å²) >= 11 is 0. The Hall–Kier alpha value is -1.64. The third kappa shape index (κ3) is 4.26. The highest BCUT2D eigenvalue weighted by molar-refractivity contribution is 5.81. The Morgan fingerprint density at radius 2 is 2.12 bits per heavy atom. The van der Waals surface area contributed by atoms with Crippen molar-refractivity contribution >= 4 is 5.97 Å². The second-order valence-electron chi connectivity index (χ2n) is 3.42. The zero-order valence-corrected chi connectivity index (χ0v) is 9.12. The number of carbonyl (C=O) groups is 1. The van der Waals surface area contributed by atoms with Crippen LogP contribution in [0.5, 0.6) is 0 Å². The molecule has 0 atom stereocenters. The molecule has 3 heteroatoms. The van der Waals surface area contributed by atoms with Crippen molar-refractivity contribution < 1.29 is 13.9 Å². The molecule has 0 amide bonds. The summed E-state index contributed by atoms with van der Waals surface area (Å²) in [6.45, 7) is 3.65. The lowest BCUT2D eigenvalue weighted by atomic mass is 10.1. The maximum absolute atomic E-state index is 13.2. The number of aryl methyl sites for hydroxylation is 1. The Morgan fingerprint density at radius 1 is 1.38 bits per heavy atom. The van der Waals surface area contributed by atoms with Gasteiger partial charge in [-0.1, -0.05) is 24.8 Å². The molecule has 0 bridgehead atoms. The number of unbranched alkanes of at least 4 members (excludes halogenated alkanes) is 1. The number of benzene rings is 1. The van der Waals surface area contributed by atoms with E-state index in [0.717, 1.165) is 18.9 Å². The minimum absolute atomic E-state index is 0.175. The van der Waals surface area contributed by atoms with Crippen LogP contribution in [0.2, 0.25) is 0 Å². The van der Waals surface area contributed by atoms with Gasteiger partial charge in [-0.2, -0.15) is 0 Å². The van der Waals surface area contributed by atoms with Crippen LogP contribution >= 0.6 is 0 Å². The van der Waals surface area contributed by atoms with Crippen molar-refractivity contribution in [2.45, 2.75) is 19.3 Å². The van der Waals surface area contributed by atoms with E-state index in [4.69, 9.17) is 4.74 Å². The number of hydrogen-bond acceptors (Lipinski definition) is 2. The Bertz CT molecular complexity index is 361. The number of hydrogen-bond donors (Lipinski definition) is 0. The third-order valence-corrected chi connectivity index (χ3v) is 2.21. The smallest absolute Gasteiger partial charge is 0.330 e. The van der Waals surface area contributed by atoms with Crippen molar-refractivity contribution in [2.24, 2.45) is 0 Å². The standard InChI is InChI=1S/C13H15FO2/c1-2-13(15)16-10-6-5-8-11-7-3-4-9-12(11)14/h2-4,7,9H,1,5-6,8,10H2. The zero-order chi connectivity index (χ0) is 11.8. The molecule has 0 aromatic heterocycles.